The molecule has 1 saturated carbocycles. The van der Waals surface area contributed by atoms with Gasteiger partial charge in [0, 0.05) is 0 Å². The summed E-state index contributed by atoms with van der Waals surface area (Å²) in [6.45, 7) is 2.22. The van der Waals surface area contributed by atoms with Gasteiger partial charge >= 0.3 is 6.03 Å². The fourth-order valence-corrected chi connectivity index (χ4v) is 4.00. The molecule has 0 bridgehead atoms. The summed E-state index contributed by atoms with van der Waals surface area (Å²) >= 11 is 0. The Morgan fingerprint density at radius 3 is 2.40 bits per heavy atom. The monoisotopic (exact) mass is 296 g/mol. The number of rotatable bonds is 3. The Labute approximate surface area is 119 Å². The molecule has 1 aliphatic rings. The van der Waals surface area contributed by atoms with E-state index < -0.39 is 16.1 Å². The van der Waals surface area contributed by atoms with E-state index in [0.717, 1.165) is 31.2 Å². The molecule has 1 aromatic rings. The summed E-state index contributed by atoms with van der Waals surface area (Å²) in [7, 11) is -3.88. The van der Waals surface area contributed by atoms with E-state index in [0.29, 0.717) is 5.92 Å². The lowest BCUT2D eigenvalue weighted by molar-refractivity contribution is 0.253. The van der Waals surface area contributed by atoms with Crippen molar-refractivity contribution in [2.24, 2.45) is 11.7 Å². The van der Waals surface area contributed by atoms with Gasteiger partial charge in [-0.05, 0) is 36.3 Å². The first-order chi connectivity index (χ1) is 9.40. The number of urea groups is 1. The summed E-state index contributed by atoms with van der Waals surface area (Å²) < 4.78 is 26.2. The van der Waals surface area contributed by atoms with Crippen LogP contribution in [0.3, 0.4) is 0 Å². The van der Waals surface area contributed by atoms with Crippen LogP contribution in [0.25, 0.3) is 0 Å². The molecule has 6 heteroatoms. The highest BCUT2D eigenvalue weighted by Crippen LogP contribution is 2.37. The van der Waals surface area contributed by atoms with Gasteiger partial charge in [0.2, 0.25) is 0 Å². The fraction of sp³-hybridized carbons (Fsp3) is 0.500. The topological polar surface area (TPSA) is 89.3 Å². The van der Waals surface area contributed by atoms with Crippen LogP contribution >= 0.6 is 0 Å². The first kappa shape index (κ1) is 14.8. The SMILES string of the molecule is CC1CCC(c2ccccc2S(=O)(=O)NC(N)=O)CC1. The Hall–Kier alpha value is -1.56. The van der Waals surface area contributed by atoms with Crippen LogP contribution in [0.2, 0.25) is 0 Å². The second-order valence-electron chi connectivity index (χ2n) is 5.46. The van der Waals surface area contributed by atoms with Gasteiger partial charge in [-0.3, -0.25) is 0 Å². The second kappa shape index (κ2) is 5.83. The minimum atomic E-state index is -3.88. The molecule has 1 aliphatic carbocycles. The van der Waals surface area contributed by atoms with Crippen LogP contribution in [0.5, 0.6) is 0 Å². The molecule has 0 saturated heterocycles. The second-order valence-corrected chi connectivity index (χ2v) is 7.12. The summed E-state index contributed by atoms with van der Waals surface area (Å²) in [5.74, 6) is 0.922. The molecular weight excluding hydrogens is 276 g/mol. The number of nitrogens with one attached hydrogen (secondary N) is 1. The minimum Gasteiger partial charge on any atom is -0.351 e. The third-order valence-electron chi connectivity index (χ3n) is 3.90. The van der Waals surface area contributed by atoms with Crippen molar-refractivity contribution < 1.29 is 13.2 Å². The van der Waals surface area contributed by atoms with Crippen LogP contribution in [0.4, 0.5) is 4.79 Å². The number of amides is 2. The van der Waals surface area contributed by atoms with E-state index in [2.05, 4.69) is 6.92 Å². The maximum atomic E-state index is 12.2. The van der Waals surface area contributed by atoms with Gasteiger partial charge in [0.15, 0.2) is 0 Å². The molecule has 5 nitrogen and oxygen atoms in total. The molecule has 2 rings (SSSR count). The summed E-state index contributed by atoms with van der Waals surface area (Å²) in [5, 5.41) is 0. The van der Waals surface area contributed by atoms with Gasteiger partial charge in [0.05, 0.1) is 4.90 Å². The van der Waals surface area contributed by atoms with Crippen molar-refractivity contribution in [2.75, 3.05) is 0 Å². The minimum absolute atomic E-state index is 0.165. The largest absolute Gasteiger partial charge is 0.351 e. The third kappa shape index (κ3) is 3.30. The maximum absolute atomic E-state index is 12.2. The number of carbonyl (C=O) groups excluding carboxylic acids is 1. The Morgan fingerprint density at radius 2 is 1.80 bits per heavy atom. The summed E-state index contributed by atoms with van der Waals surface area (Å²) in [4.78, 5) is 11.0. The highest BCUT2D eigenvalue weighted by atomic mass is 32.2. The normalized spacial score (nSPS) is 23.2. The first-order valence-corrected chi connectivity index (χ1v) is 8.29. The molecule has 0 atom stereocenters. The molecule has 0 radical (unpaired) electrons. The van der Waals surface area contributed by atoms with Crippen LogP contribution < -0.4 is 10.5 Å². The van der Waals surface area contributed by atoms with Gasteiger partial charge in [-0.1, -0.05) is 38.0 Å². The van der Waals surface area contributed by atoms with Crippen LogP contribution in [-0.4, -0.2) is 14.4 Å². The molecule has 1 fully saturated rings. The lowest BCUT2D eigenvalue weighted by atomic mass is 9.79. The molecular formula is C14H20N2O3S. The highest BCUT2D eigenvalue weighted by Gasteiger charge is 2.26. The zero-order valence-corrected chi connectivity index (χ0v) is 12.3. The van der Waals surface area contributed by atoms with E-state index in [1.807, 2.05) is 16.9 Å². The van der Waals surface area contributed by atoms with E-state index in [4.69, 9.17) is 5.73 Å². The summed E-state index contributed by atoms with van der Waals surface area (Å²) in [5.41, 5.74) is 5.72. The Kier molecular flexibility index (Phi) is 4.32. The molecule has 0 spiro atoms. The smallest absolute Gasteiger partial charge is 0.326 e. The number of primary amides is 1. The van der Waals surface area contributed by atoms with Crippen molar-refractivity contribution >= 4 is 16.1 Å². The average Bonchev–Trinajstić information content (AvgIpc) is 2.38. The Morgan fingerprint density at radius 1 is 1.20 bits per heavy atom. The highest BCUT2D eigenvalue weighted by molar-refractivity contribution is 7.90. The number of nitrogens with two attached hydrogens (primary N) is 1. The Bertz CT molecular complexity index is 590. The van der Waals surface area contributed by atoms with Gasteiger partial charge in [0.1, 0.15) is 0 Å². The number of hydrogen-bond acceptors (Lipinski definition) is 3. The molecule has 0 aliphatic heterocycles. The molecule has 0 heterocycles. The van der Waals surface area contributed by atoms with E-state index in [1.165, 1.54) is 6.07 Å². The molecule has 20 heavy (non-hydrogen) atoms. The lowest BCUT2D eigenvalue weighted by Crippen LogP contribution is -2.35. The molecule has 2 amide bonds. The summed E-state index contributed by atoms with van der Waals surface area (Å²) in [6.07, 6.45) is 4.15. The first-order valence-electron chi connectivity index (χ1n) is 6.81. The van der Waals surface area contributed by atoms with Gasteiger partial charge in [0.25, 0.3) is 10.0 Å². The van der Waals surface area contributed by atoms with Crippen molar-refractivity contribution in [1.29, 1.82) is 0 Å². The predicted molar refractivity (Wildman–Crippen MR) is 76.7 cm³/mol. The predicted octanol–water partition coefficient (Wildman–Crippen LogP) is 2.34. The molecule has 1 aromatic carbocycles. The maximum Gasteiger partial charge on any atom is 0.326 e. The number of hydrogen-bond donors (Lipinski definition) is 2. The van der Waals surface area contributed by atoms with Crippen molar-refractivity contribution in [1.82, 2.24) is 4.72 Å². The van der Waals surface area contributed by atoms with Crippen LogP contribution in [0.15, 0.2) is 29.2 Å². The van der Waals surface area contributed by atoms with Gasteiger partial charge < -0.3 is 5.73 Å². The van der Waals surface area contributed by atoms with Crippen molar-refractivity contribution in [3.05, 3.63) is 29.8 Å². The third-order valence-corrected chi connectivity index (χ3v) is 5.32. The molecule has 3 N–H and O–H groups in total. The quantitative estimate of drug-likeness (QED) is 0.897. The number of sulfonamides is 1. The van der Waals surface area contributed by atoms with E-state index in [1.54, 1.807) is 6.07 Å². The standard InChI is InChI=1S/C14H20N2O3S/c1-10-6-8-11(9-7-10)12-4-2-3-5-13(12)20(18,19)16-14(15)17/h2-5,10-11H,6-9H2,1H3,(H3,15,16,17). The van der Waals surface area contributed by atoms with E-state index in [9.17, 15) is 13.2 Å². The zero-order chi connectivity index (χ0) is 14.8. The number of carbonyl (C=O) groups is 1. The van der Waals surface area contributed by atoms with Gasteiger partial charge in [-0.2, -0.15) is 0 Å². The van der Waals surface area contributed by atoms with Crippen molar-refractivity contribution in [3.8, 4) is 0 Å². The molecule has 0 unspecified atom stereocenters. The number of benzene rings is 1. The van der Waals surface area contributed by atoms with Crippen LogP contribution in [0.1, 0.15) is 44.1 Å². The van der Waals surface area contributed by atoms with Crippen molar-refractivity contribution in [2.45, 2.75) is 43.4 Å². The van der Waals surface area contributed by atoms with E-state index in [-0.39, 0.29) is 10.8 Å². The van der Waals surface area contributed by atoms with Crippen molar-refractivity contribution in [3.63, 3.8) is 0 Å². The van der Waals surface area contributed by atoms with Gasteiger partial charge in [-0.25, -0.2) is 17.9 Å². The Balaban J connectivity index is 2.33. The zero-order valence-electron chi connectivity index (χ0n) is 11.5. The fourth-order valence-electron chi connectivity index (χ4n) is 2.82. The molecule has 0 aromatic heterocycles. The van der Waals surface area contributed by atoms with Gasteiger partial charge in [-0.15, -0.1) is 0 Å². The van der Waals surface area contributed by atoms with Crippen LogP contribution in [-0.2, 0) is 10.0 Å². The summed E-state index contributed by atoms with van der Waals surface area (Å²) in [6, 6.07) is 5.78. The van der Waals surface area contributed by atoms with E-state index >= 15 is 0 Å². The molecule has 110 valence electrons. The lowest BCUT2D eigenvalue weighted by Gasteiger charge is -2.27. The van der Waals surface area contributed by atoms with Crippen LogP contribution in [0, 0.1) is 5.92 Å². The average molecular weight is 296 g/mol.